The minimum absolute atomic E-state index is 0.0485. The molecule has 27 heavy (non-hydrogen) atoms. The normalized spacial score (nSPS) is 15.0. The van der Waals surface area contributed by atoms with E-state index in [1.807, 2.05) is 13.0 Å². The van der Waals surface area contributed by atoms with E-state index in [4.69, 9.17) is 11.3 Å². The number of para-hydroxylation sites is 1. The van der Waals surface area contributed by atoms with Gasteiger partial charge >= 0.3 is 0 Å². The molecule has 1 aliphatic rings. The van der Waals surface area contributed by atoms with Crippen molar-refractivity contribution in [3.8, 4) is 11.4 Å². The van der Waals surface area contributed by atoms with Crippen LogP contribution in [0.3, 0.4) is 0 Å². The van der Waals surface area contributed by atoms with E-state index in [1.165, 1.54) is 6.07 Å². The Morgan fingerprint density at radius 1 is 1.33 bits per heavy atom. The van der Waals surface area contributed by atoms with Gasteiger partial charge in [-0.1, -0.05) is 6.07 Å². The molecule has 1 saturated heterocycles. The number of rotatable bonds is 3. The van der Waals surface area contributed by atoms with Crippen molar-refractivity contribution >= 4 is 22.4 Å². The van der Waals surface area contributed by atoms with Gasteiger partial charge in [0.2, 0.25) is 0 Å². The summed E-state index contributed by atoms with van der Waals surface area (Å²) in [4.78, 5) is 10.3. The van der Waals surface area contributed by atoms with Crippen LogP contribution in [0.4, 0.5) is 11.5 Å². The zero-order valence-electron chi connectivity index (χ0n) is 15.4. The van der Waals surface area contributed by atoms with Gasteiger partial charge in [-0.15, -0.1) is 0 Å². The number of hydrogen-bond donors (Lipinski definition) is 1. The number of phenolic OH excluding ortho intramolecular Hbond substituents is 1. The number of anilines is 1. The summed E-state index contributed by atoms with van der Waals surface area (Å²) in [5, 5.41) is 15.6. The molecular weight excluding hydrogens is 342 g/mol. The Bertz CT molecular complexity index is 1030. The van der Waals surface area contributed by atoms with Crippen molar-refractivity contribution in [3.63, 3.8) is 0 Å². The second-order valence-electron chi connectivity index (χ2n) is 6.77. The lowest BCUT2D eigenvalue weighted by Gasteiger charge is -2.32. The van der Waals surface area contributed by atoms with Crippen molar-refractivity contribution in [3.05, 3.63) is 47.6 Å². The van der Waals surface area contributed by atoms with E-state index in [0.29, 0.717) is 11.7 Å². The highest BCUT2D eigenvalue weighted by Gasteiger charge is 2.21. The quantitative estimate of drug-likeness (QED) is 0.720. The van der Waals surface area contributed by atoms with Crippen LogP contribution in [0.15, 0.2) is 30.5 Å². The molecule has 1 N–H and O–H groups in total. The van der Waals surface area contributed by atoms with E-state index in [9.17, 15) is 5.11 Å². The van der Waals surface area contributed by atoms with Crippen molar-refractivity contribution in [2.75, 3.05) is 25.2 Å². The topological polar surface area (TPSA) is 67.8 Å². The standard InChI is InChI=1S/C20H21N5O2/c1-13-15-11-19(24(3)14-7-9-27-10-8-14)22-12-17(15)25(23-13)16-5-4-6-18(26)20(16)21-2/h4-6,11-12,14,26H,7-10H2,1,3H3. The molecule has 0 amide bonds. The summed E-state index contributed by atoms with van der Waals surface area (Å²) in [6.07, 6.45) is 3.77. The maximum Gasteiger partial charge on any atom is 0.252 e. The first kappa shape index (κ1) is 17.3. The van der Waals surface area contributed by atoms with Crippen molar-refractivity contribution < 1.29 is 9.84 Å². The van der Waals surface area contributed by atoms with E-state index < -0.39 is 0 Å². The van der Waals surface area contributed by atoms with Crippen LogP contribution >= 0.6 is 0 Å². The average molecular weight is 363 g/mol. The first-order valence-electron chi connectivity index (χ1n) is 8.96. The lowest BCUT2D eigenvalue weighted by atomic mass is 10.1. The van der Waals surface area contributed by atoms with Crippen molar-refractivity contribution in [1.29, 1.82) is 0 Å². The summed E-state index contributed by atoms with van der Waals surface area (Å²) in [6, 6.07) is 7.46. The van der Waals surface area contributed by atoms with Crippen LogP contribution in [0, 0.1) is 13.5 Å². The molecule has 0 bridgehead atoms. The minimum atomic E-state index is -0.0485. The van der Waals surface area contributed by atoms with E-state index in [2.05, 4.69) is 26.9 Å². The molecule has 138 valence electrons. The lowest BCUT2D eigenvalue weighted by Crippen LogP contribution is -2.37. The first-order valence-corrected chi connectivity index (χ1v) is 8.96. The van der Waals surface area contributed by atoms with Crippen LogP contribution in [0.25, 0.3) is 21.4 Å². The molecule has 0 spiro atoms. The van der Waals surface area contributed by atoms with Crippen LogP contribution in [0.2, 0.25) is 0 Å². The van der Waals surface area contributed by atoms with Gasteiger partial charge in [-0.25, -0.2) is 14.5 Å². The summed E-state index contributed by atoms with van der Waals surface area (Å²) in [6.45, 7) is 10.9. The number of hydrogen-bond acceptors (Lipinski definition) is 5. The van der Waals surface area contributed by atoms with E-state index in [0.717, 1.165) is 48.5 Å². The number of aromatic nitrogens is 3. The summed E-state index contributed by atoms with van der Waals surface area (Å²) >= 11 is 0. The Kier molecular flexibility index (Phi) is 4.42. The molecule has 1 aromatic carbocycles. The SMILES string of the molecule is [C-]#[N+]c1c(O)cccc1-n1nc(C)c2cc(N(C)C3CCOCC3)ncc21. The van der Waals surface area contributed by atoms with Gasteiger partial charge in [0.25, 0.3) is 5.69 Å². The Labute approximate surface area is 157 Å². The number of pyridine rings is 1. The van der Waals surface area contributed by atoms with E-state index in [-0.39, 0.29) is 11.4 Å². The highest BCUT2D eigenvalue weighted by atomic mass is 16.5. The van der Waals surface area contributed by atoms with E-state index in [1.54, 1.807) is 23.0 Å². The van der Waals surface area contributed by atoms with Gasteiger partial charge in [-0.2, -0.15) is 5.10 Å². The molecule has 1 aliphatic heterocycles. The maximum atomic E-state index is 10.0. The van der Waals surface area contributed by atoms with Crippen molar-refractivity contribution in [2.24, 2.45) is 0 Å². The molecular formula is C20H21N5O2. The number of aryl methyl sites for hydroxylation is 1. The van der Waals surface area contributed by atoms with Crippen LogP contribution in [-0.4, -0.2) is 46.2 Å². The minimum Gasteiger partial charge on any atom is -0.519 e. The highest BCUT2D eigenvalue weighted by molar-refractivity contribution is 5.86. The number of nitrogens with zero attached hydrogens (tertiary/aromatic N) is 5. The molecule has 7 nitrogen and oxygen atoms in total. The van der Waals surface area contributed by atoms with Gasteiger partial charge in [0.15, 0.2) is 0 Å². The van der Waals surface area contributed by atoms with Gasteiger partial charge < -0.3 is 14.7 Å². The fraction of sp³-hybridized carbons (Fsp3) is 0.350. The van der Waals surface area contributed by atoms with Gasteiger partial charge in [-0.3, -0.25) is 0 Å². The smallest absolute Gasteiger partial charge is 0.252 e. The predicted octanol–water partition coefficient (Wildman–Crippen LogP) is 3.60. The Balaban J connectivity index is 1.78. The first-order chi connectivity index (χ1) is 13.1. The molecule has 0 saturated carbocycles. The van der Waals surface area contributed by atoms with Crippen molar-refractivity contribution in [1.82, 2.24) is 14.8 Å². The van der Waals surface area contributed by atoms with Crippen LogP contribution in [0.5, 0.6) is 5.75 Å². The summed E-state index contributed by atoms with van der Waals surface area (Å²) in [5.74, 6) is 0.853. The molecule has 1 fully saturated rings. The Morgan fingerprint density at radius 3 is 2.85 bits per heavy atom. The summed E-state index contributed by atoms with van der Waals surface area (Å²) < 4.78 is 7.14. The fourth-order valence-corrected chi connectivity index (χ4v) is 3.59. The van der Waals surface area contributed by atoms with Gasteiger partial charge in [-0.05, 0) is 38.0 Å². The number of phenols is 1. The fourth-order valence-electron chi connectivity index (χ4n) is 3.59. The number of benzene rings is 1. The molecule has 3 aromatic rings. The zero-order valence-corrected chi connectivity index (χ0v) is 15.4. The summed E-state index contributed by atoms with van der Waals surface area (Å²) in [5.41, 5.74) is 2.40. The third kappa shape index (κ3) is 2.98. The number of ether oxygens (including phenoxy) is 1. The molecule has 7 heteroatoms. The Hall–Kier alpha value is -3.11. The molecule has 2 aromatic heterocycles. The largest absolute Gasteiger partial charge is 0.519 e. The second kappa shape index (κ2) is 6.89. The lowest BCUT2D eigenvalue weighted by molar-refractivity contribution is 0.0853. The van der Waals surface area contributed by atoms with Crippen LogP contribution in [0.1, 0.15) is 18.5 Å². The monoisotopic (exact) mass is 363 g/mol. The number of aromatic hydroxyl groups is 1. The Morgan fingerprint density at radius 2 is 2.11 bits per heavy atom. The summed E-state index contributed by atoms with van der Waals surface area (Å²) in [7, 11) is 2.07. The van der Waals surface area contributed by atoms with E-state index >= 15 is 0 Å². The molecule has 4 rings (SSSR count). The molecule has 0 radical (unpaired) electrons. The third-order valence-corrected chi connectivity index (χ3v) is 5.17. The average Bonchev–Trinajstić information content (AvgIpc) is 3.04. The predicted molar refractivity (Wildman–Crippen MR) is 104 cm³/mol. The van der Waals surface area contributed by atoms with Crippen molar-refractivity contribution in [2.45, 2.75) is 25.8 Å². The molecule has 0 unspecified atom stereocenters. The van der Waals surface area contributed by atoms with Gasteiger partial charge in [0.1, 0.15) is 11.6 Å². The number of fused-ring (bicyclic) bond motifs is 1. The highest BCUT2D eigenvalue weighted by Crippen LogP contribution is 2.35. The van der Waals surface area contributed by atoms with Gasteiger partial charge in [0, 0.05) is 31.7 Å². The molecule has 0 atom stereocenters. The molecule has 0 aliphatic carbocycles. The molecule has 3 heterocycles. The zero-order chi connectivity index (χ0) is 19.0. The second-order valence-corrected chi connectivity index (χ2v) is 6.77. The van der Waals surface area contributed by atoms with Gasteiger partial charge in [0.05, 0.1) is 29.7 Å². The van der Waals surface area contributed by atoms with Crippen LogP contribution < -0.4 is 4.90 Å². The third-order valence-electron chi connectivity index (χ3n) is 5.17. The van der Waals surface area contributed by atoms with Crippen LogP contribution in [-0.2, 0) is 4.74 Å². The maximum absolute atomic E-state index is 10.0.